The Bertz CT molecular complexity index is 1360. The number of phenolic OH excluding ortho intramolecular Hbond substituents is 1. The Kier molecular flexibility index (Phi) is 6.01. The Morgan fingerprint density at radius 2 is 1.84 bits per heavy atom. The third-order valence-electron chi connectivity index (χ3n) is 5.24. The van der Waals surface area contributed by atoms with Crippen molar-refractivity contribution in [2.45, 2.75) is 26.8 Å². The Balaban J connectivity index is 1.90. The highest BCUT2D eigenvalue weighted by Crippen LogP contribution is 2.33. The summed E-state index contributed by atoms with van der Waals surface area (Å²) < 4.78 is 15.5. The predicted octanol–water partition coefficient (Wildman–Crippen LogP) is 5.24. The van der Waals surface area contributed by atoms with Crippen LogP contribution >= 0.6 is 11.3 Å². The molecule has 0 atom stereocenters. The van der Waals surface area contributed by atoms with Crippen molar-refractivity contribution in [3.63, 3.8) is 0 Å². The van der Waals surface area contributed by atoms with E-state index < -0.39 is 11.6 Å². The van der Waals surface area contributed by atoms with Crippen molar-refractivity contribution in [1.29, 1.82) is 0 Å². The number of aromatic hydroxyl groups is 1. The molecular formula is C25H21FN2O3S. The lowest BCUT2D eigenvalue weighted by atomic mass is 10.1. The molecular weight excluding hydrogens is 427 g/mol. The van der Waals surface area contributed by atoms with Crippen molar-refractivity contribution in [3.8, 4) is 27.6 Å². The number of hydrogen-bond donors (Lipinski definition) is 1. The summed E-state index contributed by atoms with van der Waals surface area (Å²) in [7, 11) is 0. The van der Waals surface area contributed by atoms with Gasteiger partial charge in [0.15, 0.2) is 17.3 Å². The summed E-state index contributed by atoms with van der Waals surface area (Å²) in [6.07, 6.45) is 0.553. The highest BCUT2D eigenvalue weighted by molar-refractivity contribution is 7.17. The van der Waals surface area contributed by atoms with Gasteiger partial charge in [-0.2, -0.15) is 0 Å². The molecule has 4 rings (SSSR count). The van der Waals surface area contributed by atoms with Crippen molar-refractivity contribution >= 4 is 17.1 Å². The third kappa shape index (κ3) is 4.11. The van der Waals surface area contributed by atoms with E-state index in [1.807, 2.05) is 30.3 Å². The third-order valence-corrected chi connectivity index (χ3v) is 6.45. The maximum absolute atomic E-state index is 14.1. The van der Waals surface area contributed by atoms with Crippen molar-refractivity contribution in [3.05, 3.63) is 93.0 Å². The minimum Gasteiger partial charge on any atom is -0.504 e. The first-order chi connectivity index (χ1) is 15.4. The number of aromatic nitrogens is 2. The van der Waals surface area contributed by atoms with Crippen LogP contribution in [0.15, 0.2) is 65.5 Å². The van der Waals surface area contributed by atoms with Gasteiger partial charge in [0.2, 0.25) is 0 Å². The van der Waals surface area contributed by atoms with Crippen LogP contribution in [-0.4, -0.2) is 20.4 Å². The number of para-hydroxylation sites is 1. The second kappa shape index (κ2) is 8.88. The van der Waals surface area contributed by atoms with Gasteiger partial charge in [0.1, 0.15) is 5.82 Å². The van der Waals surface area contributed by atoms with Gasteiger partial charge in [-0.25, -0.2) is 9.37 Å². The zero-order valence-electron chi connectivity index (χ0n) is 17.6. The lowest BCUT2D eigenvalue weighted by Gasteiger charge is -2.16. The van der Waals surface area contributed by atoms with Crippen LogP contribution in [0, 0.1) is 12.7 Å². The molecule has 0 aliphatic rings. The summed E-state index contributed by atoms with van der Waals surface area (Å²) in [6, 6.07) is 17.3. The smallest absolute Gasteiger partial charge is 0.262 e. The Morgan fingerprint density at radius 1 is 1.09 bits per heavy atom. The molecule has 0 unspecified atom stereocenters. The lowest BCUT2D eigenvalue weighted by Crippen LogP contribution is -2.27. The van der Waals surface area contributed by atoms with E-state index in [0.717, 1.165) is 11.6 Å². The SMILES string of the molecule is CC(=O)c1ccc(-c2c(C)nc(-c3cccc(F)c3O)n(CCc3ccccc3)c2=O)s1. The summed E-state index contributed by atoms with van der Waals surface area (Å²) in [6.45, 7) is 3.47. The number of ketones is 1. The molecule has 0 fully saturated rings. The zero-order valence-corrected chi connectivity index (χ0v) is 18.4. The van der Waals surface area contributed by atoms with Crippen LogP contribution in [0.5, 0.6) is 5.75 Å². The second-order valence-electron chi connectivity index (χ2n) is 7.44. The van der Waals surface area contributed by atoms with Gasteiger partial charge in [-0.05, 0) is 50.1 Å². The maximum atomic E-state index is 14.1. The summed E-state index contributed by atoms with van der Waals surface area (Å²) in [5.74, 6) is -1.20. The molecule has 32 heavy (non-hydrogen) atoms. The summed E-state index contributed by atoms with van der Waals surface area (Å²) in [5.41, 5.74) is 1.73. The van der Waals surface area contributed by atoms with Crippen molar-refractivity contribution in [1.82, 2.24) is 9.55 Å². The standard InChI is InChI=1S/C25H21FN2O3S/c1-15-22(21-12-11-20(32-21)16(2)29)25(31)28(14-13-17-7-4-3-5-8-17)24(27-15)18-9-6-10-19(26)23(18)30/h3-12,30H,13-14H2,1-2H3. The zero-order chi connectivity index (χ0) is 22.8. The van der Waals surface area contributed by atoms with Crippen molar-refractivity contribution in [2.24, 2.45) is 0 Å². The number of nitrogens with zero attached hydrogens (tertiary/aromatic N) is 2. The van der Waals surface area contributed by atoms with Gasteiger partial charge in [-0.1, -0.05) is 36.4 Å². The highest BCUT2D eigenvalue weighted by Gasteiger charge is 2.21. The van der Waals surface area contributed by atoms with Crippen LogP contribution in [-0.2, 0) is 13.0 Å². The molecule has 0 saturated heterocycles. The van der Waals surface area contributed by atoms with E-state index in [2.05, 4.69) is 4.98 Å². The summed E-state index contributed by atoms with van der Waals surface area (Å²) in [5, 5.41) is 10.3. The van der Waals surface area contributed by atoms with E-state index in [1.165, 1.54) is 35.0 Å². The number of benzene rings is 2. The minimum absolute atomic E-state index is 0.0717. The van der Waals surface area contributed by atoms with Crippen molar-refractivity contribution < 1.29 is 14.3 Å². The molecule has 0 aliphatic carbocycles. The fourth-order valence-corrected chi connectivity index (χ4v) is 4.59. The molecule has 4 aromatic rings. The summed E-state index contributed by atoms with van der Waals surface area (Å²) >= 11 is 1.24. The summed E-state index contributed by atoms with van der Waals surface area (Å²) in [4.78, 5) is 31.2. The van der Waals surface area contributed by atoms with Gasteiger partial charge >= 0.3 is 0 Å². The fourth-order valence-electron chi connectivity index (χ4n) is 3.60. The molecule has 162 valence electrons. The number of halogens is 1. The molecule has 0 saturated carbocycles. The Morgan fingerprint density at radius 3 is 2.53 bits per heavy atom. The molecule has 2 aromatic heterocycles. The number of Topliss-reactive ketones (excluding diaryl/α,β-unsaturated/α-hetero) is 1. The van der Waals surface area contributed by atoms with Crippen LogP contribution in [0.2, 0.25) is 0 Å². The fraction of sp³-hybridized carbons (Fsp3) is 0.160. The van der Waals surface area contributed by atoms with E-state index in [0.29, 0.717) is 34.0 Å². The number of carbonyl (C=O) groups is 1. The number of carbonyl (C=O) groups excluding carboxylic acids is 1. The van der Waals surface area contributed by atoms with E-state index in [9.17, 15) is 19.1 Å². The molecule has 7 heteroatoms. The first-order valence-corrected chi connectivity index (χ1v) is 10.9. The quantitative estimate of drug-likeness (QED) is 0.410. The first kappa shape index (κ1) is 21.6. The molecule has 0 amide bonds. The Hall–Kier alpha value is -3.58. The van der Waals surface area contributed by atoms with Gasteiger partial charge in [-0.15, -0.1) is 11.3 Å². The van der Waals surface area contributed by atoms with Crippen molar-refractivity contribution in [2.75, 3.05) is 0 Å². The van der Waals surface area contributed by atoms with Gasteiger partial charge in [0, 0.05) is 11.4 Å². The molecule has 0 bridgehead atoms. The van der Waals surface area contributed by atoms with E-state index >= 15 is 0 Å². The van der Waals surface area contributed by atoms with Gasteiger partial charge in [-0.3, -0.25) is 14.2 Å². The minimum atomic E-state index is -0.780. The number of aryl methyl sites for hydroxylation is 2. The number of rotatable bonds is 6. The van der Waals surface area contributed by atoms with Gasteiger partial charge in [0.25, 0.3) is 5.56 Å². The first-order valence-electron chi connectivity index (χ1n) is 10.1. The normalized spacial score (nSPS) is 11.0. The molecule has 1 N–H and O–H groups in total. The van der Waals surface area contributed by atoms with Crippen LogP contribution in [0.3, 0.4) is 0 Å². The van der Waals surface area contributed by atoms with E-state index in [4.69, 9.17) is 0 Å². The number of hydrogen-bond acceptors (Lipinski definition) is 5. The maximum Gasteiger partial charge on any atom is 0.262 e. The van der Waals surface area contributed by atoms with E-state index in [1.54, 1.807) is 19.1 Å². The molecule has 0 spiro atoms. The predicted molar refractivity (Wildman–Crippen MR) is 124 cm³/mol. The molecule has 5 nitrogen and oxygen atoms in total. The molecule has 2 heterocycles. The lowest BCUT2D eigenvalue weighted by molar-refractivity contribution is 0.102. The van der Waals surface area contributed by atoms with E-state index in [-0.39, 0.29) is 22.7 Å². The topological polar surface area (TPSA) is 72.2 Å². The average Bonchev–Trinajstić information content (AvgIpc) is 3.26. The Labute approximate surface area is 188 Å². The molecule has 0 aliphatic heterocycles. The molecule has 2 aromatic carbocycles. The number of phenols is 1. The largest absolute Gasteiger partial charge is 0.504 e. The van der Waals surface area contributed by atoms with Crippen LogP contribution in [0.25, 0.3) is 21.8 Å². The number of thiophene rings is 1. The second-order valence-corrected chi connectivity index (χ2v) is 8.53. The average molecular weight is 449 g/mol. The van der Waals surface area contributed by atoms with Crippen LogP contribution < -0.4 is 5.56 Å². The molecule has 0 radical (unpaired) electrons. The van der Waals surface area contributed by atoms with Gasteiger partial charge in [0.05, 0.1) is 21.7 Å². The van der Waals surface area contributed by atoms with Gasteiger partial charge < -0.3 is 5.11 Å². The highest BCUT2D eigenvalue weighted by atomic mass is 32.1. The van der Waals surface area contributed by atoms with Crippen LogP contribution in [0.4, 0.5) is 4.39 Å². The monoisotopic (exact) mass is 448 g/mol. The van der Waals surface area contributed by atoms with Crippen LogP contribution in [0.1, 0.15) is 27.9 Å².